The standard InChI is InChI=1S/C15H22N2O2/c1-17(12-7-3-4-8-12)14-10-6-5-9-13(14)16-15(18)11-19-2/h5-6,9-10,12H,3-4,7-8,11H2,1-2H3,(H,16,18). The van der Waals surface area contributed by atoms with Gasteiger partial charge < -0.3 is 15.0 Å². The number of carbonyl (C=O) groups excluding carboxylic acids is 1. The summed E-state index contributed by atoms with van der Waals surface area (Å²) in [5.74, 6) is -0.116. The molecule has 1 aromatic carbocycles. The molecule has 4 heteroatoms. The topological polar surface area (TPSA) is 41.6 Å². The van der Waals surface area contributed by atoms with E-state index < -0.39 is 0 Å². The zero-order valence-corrected chi connectivity index (χ0v) is 11.7. The lowest BCUT2D eigenvalue weighted by molar-refractivity contribution is -0.119. The molecule has 0 bridgehead atoms. The average Bonchev–Trinajstić information content (AvgIpc) is 2.93. The van der Waals surface area contributed by atoms with Gasteiger partial charge in [0.15, 0.2) is 0 Å². The molecular formula is C15H22N2O2. The number of methoxy groups -OCH3 is 1. The second-order valence-electron chi connectivity index (χ2n) is 5.05. The maximum absolute atomic E-state index is 11.7. The van der Waals surface area contributed by atoms with Gasteiger partial charge in [0.2, 0.25) is 5.91 Å². The number of nitrogens with one attached hydrogen (secondary N) is 1. The molecule has 19 heavy (non-hydrogen) atoms. The number of benzene rings is 1. The SMILES string of the molecule is COCC(=O)Nc1ccccc1N(C)C1CCCC1. The van der Waals surface area contributed by atoms with E-state index in [9.17, 15) is 4.79 Å². The highest BCUT2D eigenvalue weighted by Gasteiger charge is 2.21. The van der Waals surface area contributed by atoms with Crippen LogP contribution in [0, 0.1) is 0 Å². The molecule has 0 aliphatic heterocycles. The van der Waals surface area contributed by atoms with Gasteiger partial charge in [0.05, 0.1) is 11.4 Å². The summed E-state index contributed by atoms with van der Waals surface area (Å²) in [7, 11) is 3.63. The summed E-state index contributed by atoms with van der Waals surface area (Å²) in [6.45, 7) is 0.0848. The molecule has 0 aromatic heterocycles. The molecule has 0 saturated heterocycles. The third kappa shape index (κ3) is 3.47. The van der Waals surface area contributed by atoms with E-state index in [2.05, 4.69) is 23.3 Å². The third-order valence-corrected chi connectivity index (χ3v) is 3.71. The fraction of sp³-hybridized carbons (Fsp3) is 0.533. The Kier molecular flexibility index (Phi) is 4.80. The van der Waals surface area contributed by atoms with Gasteiger partial charge in [0.25, 0.3) is 0 Å². The van der Waals surface area contributed by atoms with Gasteiger partial charge >= 0.3 is 0 Å². The summed E-state index contributed by atoms with van der Waals surface area (Å²) in [6, 6.07) is 8.52. The quantitative estimate of drug-likeness (QED) is 0.887. The molecule has 0 atom stereocenters. The van der Waals surface area contributed by atoms with Crippen LogP contribution < -0.4 is 10.2 Å². The number of para-hydroxylation sites is 2. The molecule has 0 heterocycles. The van der Waals surface area contributed by atoms with E-state index in [1.165, 1.54) is 32.8 Å². The first-order chi connectivity index (χ1) is 9.22. The predicted octanol–water partition coefficient (Wildman–Crippen LogP) is 2.65. The summed E-state index contributed by atoms with van der Waals surface area (Å²) in [4.78, 5) is 13.9. The van der Waals surface area contributed by atoms with Gasteiger partial charge in [-0.3, -0.25) is 4.79 Å². The molecule has 0 unspecified atom stereocenters. The Bertz CT molecular complexity index is 428. The molecule has 1 fully saturated rings. The highest BCUT2D eigenvalue weighted by molar-refractivity contribution is 5.95. The smallest absolute Gasteiger partial charge is 0.250 e. The van der Waals surface area contributed by atoms with Gasteiger partial charge in [-0.1, -0.05) is 25.0 Å². The van der Waals surface area contributed by atoms with Crippen molar-refractivity contribution in [1.29, 1.82) is 0 Å². The number of carbonyl (C=O) groups is 1. The van der Waals surface area contributed by atoms with E-state index in [1.807, 2.05) is 18.2 Å². The first-order valence-corrected chi connectivity index (χ1v) is 6.83. The normalized spacial score (nSPS) is 15.5. The van der Waals surface area contributed by atoms with Crippen LogP contribution in [-0.4, -0.2) is 32.7 Å². The molecule has 4 nitrogen and oxygen atoms in total. The summed E-state index contributed by atoms with van der Waals surface area (Å²) in [5, 5.41) is 2.91. The van der Waals surface area contributed by atoms with E-state index in [0.29, 0.717) is 6.04 Å². The second kappa shape index (κ2) is 6.57. The monoisotopic (exact) mass is 262 g/mol. The Morgan fingerprint density at radius 2 is 2.05 bits per heavy atom. The summed E-state index contributed by atoms with van der Waals surface area (Å²) in [5.41, 5.74) is 1.94. The van der Waals surface area contributed by atoms with Gasteiger partial charge in [0, 0.05) is 20.2 Å². The van der Waals surface area contributed by atoms with Crippen LogP contribution in [0.3, 0.4) is 0 Å². The van der Waals surface area contributed by atoms with Gasteiger partial charge in [-0.2, -0.15) is 0 Å². The number of hydrogen-bond acceptors (Lipinski definition) is 3. The van der Waals surface area contributed by atoms with Crippen molar-refractivity contribution in [3.05, 3.63) is 24.3 Å². The van der Waals surface area contributed by atoms with Crippen molar-refractivity contribution in [3.8, 4) is 0 Å². The largest absolute Gasteiger partial charge is 0.375 e. The van der Waals surface area contributed by atoms with Crippen LogP contribution in [0.15, 0.2) is 24.3 Å². The number of anilines is 2. The van der Waals surface area contributed by atoms with Crippen LogP contribution in [0.4, 0.5) is 11.4 Å². The van der Waals surface area contributed by atoms with E-state index in [4.69, 9.17) is 4.74 Å². The van der Waals surface area contributed by atoms with Crippen molar-refractivity contribution >= 4 is 17.3 Å². The van der Waals surface area contributed by atoms with Gasteiger partial charge in [-0.15, -0.1) is 0 Å². The van der Waals surface area contributed by atoms with Crippen LogP contribution in [0.5, 0.6) is 0 Å². The number of nitrogens with zero attached hydrogens (tertiary/aromatic N) is 1. The van der Waals surface area contributed by atoms with Crippen LogP contribution >= 0.6 is 0 Å². The molecule has 0 radical (unpaired) electrons. The molecule has 1 aromatic rings. The van der Waals surface area contributed by atoms with Gasteiger partial charge in [0.1, 0.15) is 6.61 Å². The highest BCUT2D eigenvalue weighted by Crippen LogP contribution is 2.31. The Labute approximate surface area is 114 Å². The minimum Gasteiger partial charge on any atom is -0.375 e. The number of rotatable bonds is 5. The third-order valence-electron chi connectivity index (χ3n) is 3.71. The van der Waals surface area contributed by atoms with Crippen molar-refractivity contribution in [2.75, 3.05) is 31.0 Å². The van der Waals surface area contributed by atoms with Crippen molar-refractivity contribution < 1.29 is 9.53 Å². The first-order valence-electron chi connectivity index (χ1n) is 6.83. The fourth-order valence-corrected chi connectivity index (χ4v) is 2.69. The molecule has 1 aliphatic carbocycles. The molecule has 1 saturated carbocycles. The van der Waals surface area contributed by atoms with E-state index >= 15 is 0 Å². The minimum atomic E-state index is -0.116. The number of ether oxygens (including phenoxy) is 1. The van der Waals surface area contributed by atoms with E-state index in [-0.39, 0.29) is 12.5 Å². The van der Waals surface area contributed by atoms with Crippen LogP contribution in [-0.2, 0) is 9.53 Å². The Morgan fingerprint density at radius 1 is 1.37 bits per heavy atom. The molecule has 0 spiro atoms. The van der Waals surface area contributed by atoms with Crippen molar-refractivity contribution in [3.63, 3.8) is 0 Å². The maximum Gasteiger partial charge on any atom is 0.250 e. The molecule has 2 rings (SSSR count). The van der Waals surface area contributed by atoms with Crippen molar-refractivity contribution in [2.45, 2.75) is 31.7 Å². The Balaban J connectivity index is 2.13. The Morgan fingerprint density at radius 3 is 2.74 bits per heavy atom. The molecule has 104 valence electrons. The summed E-state index contributed by atoms with van der Waals surface area (Å²) < 4.78 is 4.85. The van der Waals surface area contributed by atoms with Gasteiger partial charge in [-0.25, -0.2) is 0 Å². The molecule has 1 aliphatic rings. The lowest BCUT2D eigenvalue weighted by atomic mass is 10.1. The molecule has 1 N–H and O–H groups in total. The van der Waals surface area contributed by atoms with Crippen LogP contribution in [0.2, 0.25) is 0 Å². The summed E-state index contributed by atoms with van der Waals surface area (Å²) in [6.07, 6.45) is 5.06. The lowest BCUT2D eigenvalue weighted by Gasteiger charge is -2.28. The second-order valence-corrected chi connectivity index (χ2v) is 5.05. The number of hydrogen-bond donors (Lipinski definition) is 1. The summed E-state index contributed by atoms with van der Waals surface area (Å²) >= 11 is 0. The Hall–Kier alpha value is -1.55. The zero-order valence-electron chi connectivity index (χ0n) is 11.7. The van der Waals surface area contributed by atoms with E-state index in [1.54, 1.807) is 0 Å². The molecule has 1 amide bonds. The van der Waals surface area contributed by atoms with Crippen molar-refractivity contribution in [1.82, 2.24) is 0 Å². The van der Waals surface area contributed by atoms with Gasteiger partial charge in [-0.05, 0) is 25.0 Å². The van der Waals surface area contributed by atoms with Crippen molar-refractivity contribution in [2.24, 2.45) is 0 Å². The average molecular weight is 262 g/mol. The van der Waals surface area contributed by atoms with Crippen LogP contribution in [0.1, 0.15) is 25.7 Å². The first kappa shape index (κ1) is 13.9. The lowest BCUT2D eigenvalue weighted by Crippen LogP contribution is -2.30. The molecular weight excluding hydrogens is 240 g/mol. The number of amides is 1. The fourth-order valence-electron chi connectivity index (χ4n) is 2.69. The predicted molar refractivity (Wildman–Crippen MR) is 77.6 cm³/mol. The van der Waals surface area contributed by atoms with E-state index in [0.717, 1.165) is 11.4 Å². The highest BCUT2D eigenvalue weighted by atomic mass is 16.5. The maximum atomic E-state index is 11.7. The zero-order chi connectivity index (χ0) is 13.7. The van der Waals surface area contributed by atoms with Crippen LogP contribution in [0.25, 0.3) is 0 Å². The minimum absolute atomic E-state index is 0.0848.